The zero-order valence-corrected chi connectivity index (χ0v) is 13.5. The molecule has 0 atom stereocenters. The Kier molecular flexibility index (Phi) is 4.92. The van der Waals surface area contributed by atoms with Crippen LogP contribution in [-0.2, 0) is 11.3 Å². The highest BCUT2D eigenvalue weighted by Crippen LogP contribution is 2.26. The maximum atomic E-state index is 12.4. The van der Waals surface area contributed by atoms with Crippen LogP contribution in [0.25, 0.3) is 11.1 Å². The van der Waals surface area contributed by atoms with Crippen molar-refractivity contribution in [3.8, 4) is 16.9 Å². The molecule has 0 bridgehead atoms. The molecule has 0 radical (unpaired) electrons. The van der Waals surface area contributed by atoms with Gasteiger partial charge in [0.1, 0.15) is 5.75 Å². The minimum atomic E-state index is -2.87. The van der Waals surface area contributed by atoms with Crippen LogP contribution in [0.4, 0.5) is 13.6 Å². The van der Waals surface area contributed by atoms with E-state index in [0.29, 0.717) is 18.7 Å². The fraction of sp³-hybridized carbons (Fsp3) is 0.222. The number of alkyl halides is 2. The molecule has 0 N–H and O–H groups in total. The number of hydrogen-bond donors (Lipinski definition) is 0. The van der Waals surface area contributed by atoms with Gasteiger partial charge in [-0.25, -0.2) is 4.79 Å². The zero-order valence-electron chi connectivity index (χ0n) is 13.5. The molecule has 3 rings (SSSR count). The number of benzene rings is 1. The molecule has 1 aromatic heterocycles. The summed E-state index contributed by atoms with van der Waals surface area (Å²) in [4.78, 5) is 17.7. The van der Waals surface area contributed by atoms with Crippen molar-refractivity contribution in [2.45, 2.75) is 20.1 Å². The van der Waals surface area contributed by atoms with Gasteiger partial charge < -0.3 is 9.47 Å². The maximum Gasteiger partial charge on any atom is 0.415 e. The minimum Gasteiger partial charge on any atom is -0.435 e. The first kappa shape index (κ1) is 16.9. The SMILES string of the molecule is Cc1ncc(-c2cccc(OC(F)F)c2)cc1CN1CC=COC1=O. The fourth-order valence-corrected chi connectivity index (χ4v) is 2.51. The van der Waals surface area contributed by atoms with Crippen LogP contribution in [0.15, 0.2) is 48.9 Å². The first-order valence-corrected chi connectivity index (χ1v) is 7.64. The lowest BCUT2D eigenvalue weighted by molar-refractivity contribution is -0.0498. The van der Waals surface area contributed by atoms with E-state index in [0.717, 1.165) is 16.8 Å². The summed E-state index contributed by atoms with van der Waals surface area (Å²) < 4.78 is 34.1. The summed E-state index contributed by atoms with van der Waals surface area (Å²) in [5.41, 5.74) is 3.09. The van der Waals surface area contributed by atoms with Crippen molar-refractivity contribution in [1.82, 2.24) is 9.88 Å². The highest BCUT2D eigenvalue weighted by atomic mass is 19.3. The lowest BCUT2D eigenvalue weighted by Gasteiger charge is -2.23. The Balaban J connectivity index is 1.86. The van der Waals surface area contributed by atoms with Crippen molar-refractivity contribution < 1.29 is 23.0 Å². The second-order valence-electron chi connectivity index (χ2n) is 5.51. The Morgan fingerprint density at radius 2 is 2.16 bits per heavy atom. The Morgan fingerprint density at radius 3 is 2.92 bits per heavy atom. The Hall–Kier alpha value is -2.96. The minimum absolute atomic E-state index is 0.0828. The number of aromatic nitrogens is 1. The van der Waals surface area contributed by atoms with Crippen LogP contribution in [0.5, 0.6) is 5.75 Å². The molecule has 0 saturated heterocycles. The van der Waals surface area contributed by atoms with E-state index in [1.165, 1.54) is 18.4 Å². The number of carbonyl (C=O) groups excluding carboxylic acids is 1. The number of pyridine rings is 1. The van der Waals surface area contributed by atoms with Crippen LogP contribution in [0.2, 0.25) is 0 Å². The predicted molar refractivity (Wildman–Crippen MR) is 87.1 cm³/mol. The number of rotatable bonds is 5. The Bertz CT molecular complexity index is 809. The lowest BCUT2D eigenvalue weighted by atomic mass is 10.0. The molecule has 0 spiro atoms. The smallest absolute Gasteiger partial charge is 0.415 e. The van der Waals surface area contributed by atoms with Gasteiger partial charge in [0.2, 0.25) is 0 Å². The molecule has 0 saturated carbocycles. The van der Waals surface area contributed by atoms with E-state index in [-0.39, 0.29) is 5.75 Å². The first-order chi connectivity index (χ1) is 12.0. The highest BCUT2D eigenvalue weighted by molar-refractivity contribution is 5.70. The number of ether oxygens (including phenoxy) is 2. The summed E-state index contributed by atoms with van der Waals surface area (Å²) in [6, 6.07) is 8.30. The van der Waals surface area contributed by atoms with Crippen molar-refractivity contribution in [1.29, 1.82) is 0 Å². The van der Waals surface area contributed by atoms with E-state index < -0.39 is 12.7 Å². The molecule has 2 heterocycles. The standard InChI is InChI=1S/C18H16F2N2O3/c1-12-15(11-22-6-3-7-24-18(22)23)8-14(10-21-12)13-4-2-5-16(9-13)25-17(19)20/h2-5,7-10,17H,6,11H2,1H3. The number of carbonyl (C=O) groups is 1. The fourth-order valence-electron chi connectivity index (χ4n) is 2.51. The molecule has 5 nitrogen and oxygen atoms in total. The van der Waals surface area contributed by atoms with Crippen molar-refractivity contribution >= 4 is 6.09 Å². The van der Waals surface area contributed by atoms with Crippen LogP contribution < -0.4 is 4.74 Å². The quantitative estimate of drug-likeness (QED) is 0.817. The number of nitrogens with zero attached hydrogens (tertiary/aromatic N) is 2. The van der Waals surface area contributed by atoms with Crippen LogP contribution >= 0.6 is 0 Å². The number of aryl methyl sites for hydroxylation is 1. The number of cyclic esters (lactones) is 1. The number of halogens is 2. The van der Waals surface area contributed by atoms with Crippen molar-refractivity contribution in [3.05, 3.63) is 60.1 Å². The molecule has 0 unspecified atom stereocenters. The molecule has 0 fully saturated rings. The maximum absolute atomic E-state index is 12.4. The Morgan fingerprint density at radius 1 is 1.32 bits per heavy atom. The van der Waals surface area contributed by atoms with Crippen LogP contribution in [0.3, 0.4) is 0 Å². The van der Waals surface area contributed by atoms with E-state index in [4.69, 9.17) is 4.74 Å². The largest absolute Gasteiger partial charge is 0.435 e. The molecule has 130 valence electrons. The third kappa shape index (κ3) is 4.12. The van der Waals surface area contributed by atoms with Crippen molar-refractivity contribution in [3.63, 3.8) is 0 Å². The van der Waals surface area contributed by atoms with Crippen molar-refractivity contribution in [2.24, 2.45) is 0 Å². The molecular formula is C18H16F2N2O3. The monoisotopic (exact) mass is 346 g/mol. The second kappa shape index (κ2) is 7.29. The van der Waals surface area contributed by atoms with E-state index in [1.807, 2.05) is 13.0 Å². The van der Waals surface area contributed by atoms with Gasteiger partial charge in [-0.1, -0.05) is 12.1 Å². The molecule has 7 heteroatoms. The number of amides is 1. The molecule has 1 aliphatic rings. The van der Waals surface area contributed by atoms with Crippen molar-refractivity contribution in [2.75, 3.05) is 6.54 Å². The third-order valence-corrected chi connectivity index (χ3v) is 3.79. The first-order valence-electron chi connectivity index (χ1n) is 7.64. The van der Waals surface area contributed by atoms with E-state index in [2.05, 4.69) is 9.72 Å². The van der Waals surface area contributed by atoms with Gasteiger partial charge in [0.25, 0.3) is 0 Å². The second-order valence-corrected chi connectivity index (χ2v) is 5.51. The topological polar surface area (TPSA) is 51.7 Å². The van der Waals surface area contributed by atoms with Gasteiger partial charge in [0.05, 0.1) is 12.8 Å². The molecule has 1 aliphatic heterocycles. The van der Waals surface area contributed by atoms with Gasteiger partial charge in [-0.15, -0.1) is 0 Å². The van der Waals surface area contributed by atoms with E-state index in [9.17, 15) is 13.6 Å². The van der Waals surface area contributed by atoms with Gasteiger partial charge in [0.15, 0.2) is 0 Å². The third-order valence-electron chi connectivity index (χ3n) is 3.79. The summed E-state index contributed by atoms with van der Waals surface area (Å²) in [5.74, 6) is 0.0828. The predicted octanol–water partition coefficient (Wildman–Crippen LogP) is 4.12. The Labute approximate surface area is 143 Å². The molecule has 25 heavy (non-hydrogen) atoms. The highest BCUT2D eigenvalue weighted by Gasteiger charge is 2.18. The molecule has 1 aromatic carbocycles. The van der Waals surface area contributed by atoms with Gasteiger partial charge in [-0.2, -0.15) is 8.78 Å². The van der Waals surface area contributed by atoms with Crippen LogP contribution in [-0.4, -0.2) is 29.1 Å². The van der Waals surface area contributed by atoms with Crippen LogP contribution in [0.1, 0.15) is 11.3 Å². The van der Waals surface area contributed by atoms with Crippen LogP contribution in [0, 0.1) is 6.92 Å². The summed E-state index contributed by atoms with van der Waals surface area (Å²) in [7, 11) is 0. The summed E-state index contributed by atoms with van der Waals surface area (Å²) >= 11 is 0. The van der Waals surface area contributed by atoms with Gasteiger partial charge in [-0.3, -0.25) is 9.88 Å². The normalized spacial score (nSPS) is 13.9. The van der Waals surface area contributed by atoms with Gasteiger partial charge in [0, 0.05) is 24.0 Å². The molecule has 0 aliphatic carbocycles. The lowest BCUT2D eigenvalue weighted by Crippen LogP contribution is -2.33. The average Bonchev–Trinajstić information content (AvgIpc) is 2.58. The summed E-state index contributed by atoms with van der Waals surface area (Å²) in [5, 5.41) is 0. The van der Waals surface area contributed by atoms with Gasteiger partial charge in [-0.05, 0) is 42.3 Å². The number of hydrogen-bond acceptors (Lipinski definition) is 4. The summed E-state index contributed by atoms with van der Waals surface area (Å²) in [6.45, 7) is -0.218. The van der Waals surface area contributed by atoms with E-state index >= 15 is 0 Å². The van der Waals surface area contributed by atoms with E-state index in [1.54, 1.807) is 29.3 Å². The molecule has 2 aromatic rings. The molecule has 1 amide bonds. The zero-order chi connectivity index (χ0) is 17.8. The average molecular weight is 346 g/mol. The molecular weight excluding hydrogens is 330 g/mol. The van der Waals surface area contributed by atoms with Gasteiger partial charge >= 0.3 is 12.7 Å². The summed E-state index contributed by atoms with van der Waals surface area (Å²) in [6.07, 6.45) is 4.36.